The van der Waals surface area contributed by atoms with E-state index in [0.717, 1.165) is 57.2 Å². The van der Waals surface area contributed by atoms with Crippen LogP contribution in [0.4, 0.5) is 5.69 Å². The van der Waals surface area contributed by atoms with Gasteiger partial charge in [0.25, 0.3) is 0 Å². The highest BCUT2D eigenvalue weighted by Gasteiger charge is 2.20. The fourth-order valence-corrected chi connectivity index (χ4v) is 3.64. The molecular weight excluding hydrogens is 328 g/mol. The largest absolute Gasteiger partial charge is 0.381 e. The van der Waals surface area contributed by atoms with E-state index < -0.39 is 0 Å². The van der Waals surface area contributed by atoms with Crippen molar-refractivity contribution in [1.29, 1.82) is 0 Å². The molecule has 6 nitrogen and oxygen atoms in total. The smallest absolute Gasteiger partial charge is 0.226 e. The third kappa shape index (κ3) is 4.75. The highest BCUT2D eigenvalue weighted by atomic mass is 16.5. The number of hydrogen-bond acceptors (Lipinski definition) is 3. The lowest BCUT2D eigenvalue weighted by molar-refractivity contribution is -0.119. The van der Waals surface area contributed by atoms with E-state index in [9.17, 15) is 4.79 Å². The monoisotopic (exact) mass is 358 g/mol. The second-order valence-electron chi connectivity index (χ2n) is 7.18. The van der Waals surface area contributed by atoms with Crippen molar-refractivity contribution in [3.05, 3.63) is 29.8 Å². The molecule has 2 aliphatic rings. The van der Waals surface area contributed by atoms with E-state index in [4.69, 9.17) is 4.74 Å². The Morgan fingerprint density at radius 1 is 1.35 bits per heavy atom. The normalized spacial score (nSPS) is 21.2. The van der Waals surface area contributed by atoms with Crippen molar-refractivity contribution in [1.82, 2.24) is 10.2 Å². The van der Waals surface area contributed by atoms with Crippen LogP contribution in [-0.4, -0.2) is 57.2 Å². The van der Waals surface area contributed by atoms with Crippen LogP contribution in [0.15, 0.2) is 29.3 Å². The van der Waals surface area contributed by atoms with Crippen molar-refractivity contribution < 1.29 is 9.53 Å². The van der Waals surface area contributed by atoms with Gasteiger partial charge in [0.15, 0.2) is 5.96 Å². The molecule has 26 heavy (non-hydrogen) atoms. The Balaban J connectivity index is 1.52. The third-order valence-electron chi connectivity index (χ3n) is 5.15. The first-order valence-corrected chi connectivity index (χ1v) is 9.56. The van der Waals surface area contributed by atoms with Crippen LogP contribution in [0.1, 0.15) is 31.2 Å². The Morgan fingerprint density at radius 3 is 2.81 bits per heavy atom. The summed E-state index contributed by atoms with van der Waals surface area (Å²) >= 11 is 0. The minimum Gasteiger partial charge on any atom is -0.381 e. The molecule has 1 unspecified atom stereocenters. The number of anilines is 1. The predicted molar refractivity (Wildman–Crippen MR) is 104 cm³/mol. The number of benzene rings is 1. The van der Waals surface area contributed by atoms with Gasteiger partial charge in [0, 0.05) is 58.4 Å². The highest BCUT2D eigenvalue weighted by Crippen LogP contribution is 2.21. The van der Waals surface area contributed by atoms with Gasteiger partial charge in [0.2, 0.25) is 5.91 Å². The molecular formula is C20H30N4O2. The van der Waals surface area contributed by atoms with Crippen LogP contribution >= 0.6 is 0 Å². The van der Waals surface area contributed by atoms with Crippen molar-refractivity contribution in [2.24, 2.45) is 10.9 Å². The number of amides is 1. The van der Waals surface area contributed by atoms with Crippen molar-refractivity contribution in [2.75, 3.05) is 45.3 Å². The lowest BCUT2D eigenvalue weighted by Crippen LogP contribution is -2.41. The summed E-state index contributed by atoms with van der Waals surface area (Å²) in [5, 5.41) is 3.42. The average Bonchev–Trinajstić information content (AvgIpc) is 3.16. The van der Waals surface area contributed by atoms with Gasteiger partial charge in [-0.2, -0.15) is 0 Å². The lowest BCUT2D eigenvalue weighted by Gasteiger charge is -2.27. The Bertz CT molecular complexity index is 623. The van der Waals surface area contributed by atoms with Crippen molar-refractivity contribution >= 4 is 17.6 Å². The molecule has 1 aromatic rings. The Morgan fingerprint density at radius 2 is 2.15 bits per heavy atom. The summed E-state index contributed by atoms with van der Waals surface area (Å²) in [7, 11) is 3.88. The molecule has 2 heterocycles. The molecule has 0 saturated carbocycles. The zero-order valence-electron chi connectivity index (χ0n) is 15.9. The molecule has 6 heteroatoms. The van der Waals surface area contributed by atoms with Crippen LogP contribution in [0, 0.1) is 5.92 Å². The van der Waals surface area contributed by atoms with Gasteiger partial charge < -0.3 is 19.9 Å². The third-order valence-corrected chi connectivity index (χ3v) is 5.15. The molecule has 2 fully saturated rings. The number of carbonyl (C=O) groups excluding carboxylic acids is 1. The maximum Gasteiger partial charge on any atom is 0.226 e. The second-order valence-corrected chi connectivity index (χ2v) is 7.18. The maximum atomic E-state index is 12.0. The van der Waals surface area contributed by atoms with Gasteiger partial charge in [-0.1, -0.05) is 12.1 Å². The van der Waals surface area contributed by atoms with Crippen molar-refractivity contribution in [3.8, 4) is 0 Å². The summed E-state index contributed by atoms with van der Waals surface area (Å²) in [4.78, 5) is 20.5. The highest BCUT2D eigenvalue weighted by molar-refractivity contribution is 5.93. The number of nitrogens with zero attached hydrogens (tertiary/aromatic N) is 3. The van der Waals surface area contributed by atoms with Crippen molar-refractivity contribution in [2.45, 2.75) is 32.2 Å². The van der Waals surface area contributed by atoms with Crippen molar-refractivity contribution in [3.63, 3.8) is 0 Å². The van der Waals surface area contributed by atoms with E-state index in [0.29, 0.717) is 18.9 Å². The molecule has 0 aromatic heterocycles. The Hall–Kier alpha value is -2.08. The van der Waals surface area contributed by atoms with Crippen LogP contribution in [0.2, 0.25) is 0 Å². The number of nitrogens with one attached hydrogen (secondary N) is 1. The molecule has 1 N–H and O–H groups in total. The summed E-state index contributed by atoms with van der Waals surface area (Å²) in [6, 6.07) is 8.26. The number of carbonyl (C=O) groups is 1. The SMILES string of the molecule is CN=C(NCc1ccc(N2CCCCC2=O)cc1)N(C)CC1CCOC1. The van der Waals surface area contributed by atoms with Crippen LogP contribution in [0.5, 0.6) is 0 Å². The number of ether oxygens (including phenoxy) is 1. The van der Waals surface area contributed by atoms with E-state index in [1.165, 1.54) is 5.56 Å². The second kappa shape index (κ2) is 9.03. The van der Waals surface area contributed by atoms with Gasteiger partial charge in [-0.3, -0.25) is 9.79 Å². The Kier molecular flexibility index (Phi) is 6.50. The Labute approximate surface area is 156 Å². The minimum absolute atomic E-state index is 0.236. The zero-order chi connectivity index (χ0) is 18.4. The zero-order valence-corrected chi connectivity index (χ0v) is 15.9. The minimum atomic E-state index is 0.236. The maximum absolute atomic E-state index is 12.0. The first kappa shape index (κ1) is 18.7. The number of hydrogen-bond donors (Lipinski definition) is 1. The summed E-state index contributed by atoms with van der Waals surface area (Å²) in [5.41, 5.74) is 2.18. The fraction of sp³-hybridized carbons (Fsp3) is 0.600. The van der Waals surface area contributed by atoms with Crippen LogP contribution in [0.3, 0.4) is 0 Å². The molecule has 3 rings (SSSR count). The fourth-order valence-electron chi connectivity index (χ4n) is 3.64. The number of piperidine rings is 1. The quantitative estimate of drug-likeness (QED) is 0.648. The summed E-state index contributed by atoms with van der Waals surface area (Å²) < 4.78 is 5.45. The molecule has 2 saturated heterocycles. The van der Waals surface area contributed by atoms with Crippen LogP contribution in [0.25, 0.3) is 0 Å². The summed E-state index contributed by atoms with van der Waals surface area (Å²) in [6.07, 6.45) is 3.89. The van der Waals surface area contributed by atoms with Gasteiger partial charge in [-0.25, -0.2) is 0 Å². The van der Waals surface area contributed by atoms with Gasteiger partial charge in [-0.05, 0) is 37.0 Å². The van der Waals surface area contributed by atoms with Gasteiger partial charge in [0.1, 0.15) is 0 Å². The van der Waals surface area contributed by atoms with E-state index in [1.807, 2.05) is 24.1 Å². The molecule has 0 spiro atoms. The molecule has 2 aliphatic heterocycles. The molecule has 1 aromatic carbocycles. The number of rotatable bonds is 5. The number of aliphatic imine (C=N–C) groups is 1. The molecule has 1 amide bonds. The number of guanidine groups is 1. The summed E-state index contributed by atoms with van der Waals surface area (Å²) in [6.45, 7) is 4.22. The first-order chi connectivity index (χ1) is 12.7. The van der Waals surface area contributed by atoms with E-state index in [2.05, 4.69) is 34.4 Å². The van der Waals surface area contributed by atoms with Gasteiger partial charge in [0.05, 0.1) is 6.61 Å². The standard InChI is InChI=1S/C20H30N4O2/c1-21-20(23(2)14-17-10-12-26-15-17)22-13-16-6-8-18(9-7-16)24-11-4-3-5-19(24)25/h6-9,17H,3-5,10-15H2,1-2H3,(H,21,22). The van der Waals surface area contributed by atoms with Crippen LogP contribution in [-0.2, 0) is 16.1 Å². The molecule has 0 aliphatic carbocycles. The summed E-state index contributed by atoms with van der Waals surface area (Å²) in [5.74, 6) is 1.71. The molecule has 0 bridgehead atoms. The van der Waals surface area contributed by atoms with E-state index in [1.54, 1.807) is 0 Å². The lowest BCUT2D eigenvalue weighted by atomic mass is 10.1. The average molecular weight is 358 g/mol. The predicted octanol–water partition coefficient (Wildman–Crippen LogP) is 2.25. The topological polar surface area (TPSA) is 57.2 Å². The van der Waals surface area contributed by atoms with Gasteiger partial charge >= 0.3 is 0 Å². The molecule has 142 valence electrons. The van der Waals surface area contributed by atoms with Crippen LogP contribution < -0.4 is 10.2 Å². The van der Waals surface area contributed by atoms with E-state index in [-0.39, 0.29) is 5.91 Å². The molecule has 1 atom stereocenters. The van der Waals surface area contributed by atoms with Gasteiger partial charge in [-0.15, -0.1) is 0 Å². The van der Waals surface area contributed by atoms with E-state index >= 15 is 0 Å². The molecule has 0 radical (unpaired) electrons. The first-order valence-electron chi connectivity index (χ1n) is 9.56.